The van der Waals surface area contributed by atoms with E-state index in [0.717, 1.165) is 22.3 Å². The van der Waals surface area contributed by atoms with Gasteiger partial charge in [-0.2, -0.15) is 13.2 Å². The largest absolute Gasteiger partial charge is 0.418 e. The molecule has 0 saturated heterocycles. The van der Waals surface area contributed by atoms with Crippen LogP contribution in [0.5, 0.6) is 0 Å². The summed E-state index contributed by atoms with van der Waals surface area (Å²) in [5, 5.41) is 9.49. The lowest BCUT2D eigenvalue weighted by atomic mass is 9.99. The van der Waals surface area contributed by atoms with Gasteiger partial charge in [-0.15, -0.1) is 0 Å². The number of alkyl halides is 3. The van der Waals surface area contributed by atoms with Gasteiger partial charge in [-0.25, -0.2) is 0 Å². The fraction of sp³-hybridized carbons (Fsp3) is 0.333. The number of aliphatic hydroxyl groups is 1. The van der Waals surface area contributed by atoms with Crippen molar-refractivity contribution in [3.63, 3.8) is 0 Å². The first-order valence-electron chi connectivity index (χ1n) is 5.97. The van der Waals surface area contributed by atoms with Gasteiger partial charge in [0.25, 0.3) is 0 Å². The quantitative estimate of drug-likeness (QED) is 0.817. The second-order valence-electron chi connectivity index (χ2n) is 4.92. The predicted octanol–water partition coefficient (Wildman–Crippen LogP) is 4.31. The molecule has 19 heavy (non-hydrogen) atoms. The molecule has 2 aliphatic rings. The zero-order valence-electron chi connectivity index (χ0n) is 11.0. The Morgan fingerprint density at radius 3 is 2.16 bits per heavy atom. The molecule has 0 aromatic carbocycles. The molecule has 0 bridgehead atoms. The van der Waals surface area contributed by atoms with Crippen molar-refractivity contribution in [2.45, 2.75) is 33.1 Å². The first kappa shape index (κ1) is 13.9. The van der Waals surface area contributed by atoms with Gasteiger partial charge in [-0.3, -0.25) is 0 Å². The van der Waals surface area contributed by atoms with E-state index in [-0.39, 0.29) is 5.56 Å². The third-order valence-corrected chi connectivity index (χ3v) is 3.30. The maximum Gasteiger partial charge on any atom is 0.418 e. The summed E-state index contributed by atoms with van der Waals surface area (Å²) in [5.41, 5.74) is 3.81. The summed E-state index contributed by atoms with van der Waals surface area (Å²) in [6, 6.07) is 6.76. The summed E-state index contributed by atoms with van der Waals surface area (Å²) in [6.45, 7) is 5.53. The van der Waals surface area contributed by atoms with Crippen molar-refractivity contribution in [2.75, 3.05) is 0 Å². The lowest BCUT2D eigenvalue weighted by Gasteiger charge is -2.16. The van der Waals surface area contributed by atoms with Gasteiger partial charge in [-0.1, -0.05) is 29.8 Å². The van der Waals surface area contributed by atoms with Crippen LogP contribution in [-0.4, -0.2) is 11.3 Å². The molecule has 1 atom stereocenters. The third kappa shape index (κ3) is 2.45. The average molecular weight is 268 g/mol. The molecule has 0 fully saturated rings. The first-order valence-corrected chi connectivity index (χ1v) is 5.97. The van der Waals surface area contributed by atoms with E-state index in [9.17, 15) is 18.3 Å². The van der Waals surface area contributed by atoms with Crippen LogP contribution in [0.3, 0.4) is 0 Å². The van der Waals surface area contributed by atoms with Gasteiger partial charge in [0.15, 0.2) is 6.10 Å². The molecule has 4 heteroatoms. The summed E-state index contributed by atoms with van der Waals surface area (Å²) < 4.78 is 38.1. The molecule has 0 radical (unpaired) electrons. The molecule has 0 amide bonds. The monoisotopic (exact) mass is 268 g/mol. The molecule has 0 saturated carbocycles. The molecular formula is C15H15F3O. The Bertz CT molecular complexity index is 587. The Hall–Kier alpha value is -1.55. The summed E-state index contributed by atoms with van der Waals surface area (Å²) in [6.07, 6.45) is -7.09. The lowest BCUT2D eigenvalue weighted by molar-refractivity contribution is -0.206. The van der Waals surface area contributed by atoms with Crippen LogP contribution in [0.15, 0.2) is 24.3 Å². The van der Waals surface area contributed by atoms with Crippen molar-refractivity contribution in [2.24, 2.45) is 0 Å². The second-order valence-corrected chi connectivity index (χ2v) is 4.92. The van der Waals surface area contributed by atoms with Crippen molar-refractivity contribution < 1.29 is 18.3 Å². The number of fused-ring (bicyclic) bond motifs is 1. The van der Waals surface area contributed by atoms with Gasteiger partial charge < -0.3 is 5.11 Å². The lowest BCUT2D eigenvalue weighted by Crippen LogP contribution is -2.20. The SMILES string of the molecule is Cc1cc(C)c2ccc([C@H](O)C(F)(F)F)c-2c(C)c1. The molecular weight excluding hydrogens is 253 g/mol. The number of rotatable bonds is 1. The Balaban J connectivity index is 2.71. The van der Waals surface area contributed by atoms with Gasteiger partial charge >= 0.3 is 6.18 Å². The highest BCUT2D eigenvalue weighted by molar-refractivity contribution is 5.77. The van der Waals surface area contributed by atoms with E-state index in [1.807, 2.05) is 26.0 Å². The van der Waals surface area contributed by atoms with Crippen LogP contribution >= 0.6 is 0 Å². The fourth-order valence-electron chi connectivity index (χ4n) is 2.54. The fourth-order valence-corrected chi connectivity index (χ4v) is 2.54. The average Bonchev–Trinajstić information content (AvgIpc) is 2.66. The smallest absolute Gasteiger partial charge is 0.379 e. The number of halogens is 3. The van der Waals surface area contributed by atoms with Crippen LogP contribution in [0, 0.1) is 20.8 Å². The van der Waals surface area contributed by atoms with Crippen LogP contribution in [0.4, 0.5) is 13.2 Å². The topological polar surface area (TPSA) is 20.2 Å². The summed E-state index contributed by atoms with van der Waals surface area (Å²) >= 11 is 0. The third-order valence-electron chi connectivity index (χ3n) is 3.30. The predicted molar refractivity (Wildman–Crippen MR) is 68.3 cm³/mol. The van der Waals surface area contributed by atoms with E-state index in [0.29, 0.717) is 5.56 Å². The molecule has 0 aromatic rings. The van der Waals surface area contributed by atoms with Crippen LogP contribution in [0.1, 0.15) is 28.4 Å². The number of hydrogen-bond donors (Lipinski definition) is 1. The molecule has 2 aliphatic carbocycles. The Morgan fingerprint density at radius 2 is 1.58 bits per heavy atom. The van der Waals surface area contributed by atoms with E-state index in [2.05, 4.69) is 0 Å². The van der Waals surface area contributed by atoms with Crippen LogP contribution in [0.2, 0.25) is 0 Å². The van der Waals surface area contributed by atoms with E-state index < -0.39 is 12.3 Å². The van der Waals surface area contributed by atoms with Crippen molar-refractivity contribution in [3.05, 3.63) is 46.5 Å². The van der Waals surface area contributed by atoms with Gasteiger partial charge in [-0.05, 0) is 48.6 Å². The number of aliphatic hydroxyl groups excluding tert-OH is 1. The van der Waals surface area contributed by atoms with E-state index in [4.69, 9.17) is 0 Å². The minimum atomic E-state index is -4.65. The standard InChI is InChI=1S/C15H15F3O/c1-8-6-9(2)11-4-5-12(13(11)10(3)7-8)14(19)15(16,17)18/h4-7,14,19H,1-3H3/t14-/m0/s1. The van der Waals surface area contributed by atoms with Crippen molar-refractivity contribution in [1.29, 1.82) is 0 Å². The molecule has 0 spiro atoms. The highest BCUT2D eigenvalue weighted by Crippen LogP contribution is 2.42. The molecule has 0 aromatic heterocycles. The Morgan fingerprint density at radius 1 is 1.00 bits per heavy atom. The maximum atomic E-state index is 12.7. The molecule has 102 valence electrons. The normalized spacial score (nSPS) is 13.8. The van der Waals surface area contributed by atoms with Crippen LogP contribution in [-0.2, 0) is 0 Å². The van der Waals surface area contributed by atoms with Gasteiger partial charge in [0.05, 0.1) is 0 Å². The molecule has 0 aliphatic heterocycles. The van der Waals surface area contributed by atoms with Crippen LogP contribution < -0.4 is 0 Å². The van der Waals surface area contributed by atoms with Crippen molar-refractivity contribution >= 4 is 0 Å². The van der Waals surface area contributed by atoms with Gasteiger partial charge in [0.1, 0.15) is 0 Å². The second kappa shape index (κ2) is 4.53. The van der Waals surface area contributed by atoms with Crippen molar-refractivity contribution in [3.8, 4) is 11.1 Å². The Labute approximate surface area is 110 Å². The minimum Gasteiger partial charge on any atom is -0.379 e. The van der Waals surface area contributed by atoms with E-state index >= 15 is 0 Å². The zero-order valence-corrected chi connectivity index (χ0v) is 11.0. The highest BCUT2D eigenvalue weighted by Gasteiger charge is 2.41. The van der Waals surface area contributed by atoms with E-state index in [1.165, 1.54) is 6.07 Å². The number of hydrogen-bond acceptors (Lipinski definition) is 1. The first-order chi connectivity index (χ1) is 8.71. The molecule has 1 nitrogen and oxygen atoms in total. The Kier molecular flexibility index (Phi) is 3.31. The van der Waals surface area contributed by atoms with Crippen LogP contribution in [0.25, 0.3) is 11.1 Å². The van der Waals surface area contributed by atoms with E-state index in [1.54, 1.807) is 13.0 Å². The van der Waals surface area contributed by atoms with Crippen molar-refractivity contribution in [1.82, 2.24) is 0 Å². The summed E-state index contributed by atoms with van der Waals surface area (Å²) in [7, 11) is 0. The highest BCUT2D eigenvalue weighted by atomic mass is 19.4. The van der Waals surface area contributed by atoms with Gasteiger partial charge in [0, 0.05) is 0 Å². The molecule has 1 N–H and O–H groups in total. The number of aryl methyl sites for hydroxylation is 3. The molecule has 0 unspecified atom stereocenters. The molecule has 0 heterocycles. The molecule has 2 rings (SSSR count). The minimum absolute atomic E-state index is 0.0706. The summed E-state index contributed by atoms with van der Waals surface area (Å²) in [5.74, 6) is 0. The zero-order chi connectivity index (χ0) is 14.4. The summed E-state index contributed by atoms with van der Waals surface area (Å²) in [4.78, 5) is 0. The van der Waals surface area contributed by atoms with Gasteiger partial charge in [0.2, 0.25) is 0 Å². The maximum absolute atomic E-state index is 12.7.